The molecule has 0 bridgehead atoms. The fourth-order valence-corrected chi connectivity index (χ4v) is 2.75. The summed E-state index contributed by atoms with van der Waals surface area (Å²) in [6.45, 7) is 4.45. The van der Waals surface area contributed by atoms with E-state index in [4.69, 9.17) is 4.74 Å². The van der Waals surface area contributed by atoms with E-state index in [1.165, 1.54) is 11.3 Å². The number of benzene rings is 1. The summed E-state index contributed by atoms with van der Waals surface area (Å²) in [6, 6.07) is 8.67. The van der Waals surface area contributed by atoms with Crippen LogP contribution in [0, 0.1) is 12.8 Å². The Morgan fingerprint density at radius 1 is 1.37 bits per heavy atom. The van der Waals surface area contributed by atoms with Crippen molar-refractivity contribution < 1.29 is 9.53 Å². The Kier molecular flexibility index (Phi) is 4.83. The van der Waals surface area contributed by atoms with Crippen molar-refractivity contribution in [2.24, 2.45) is 5.92 Å². The third kappa shape index (κ3) is 3.72. The average molecular weight is 261 g/mol. The van der Waals surface area contributed by atoms with Crippen LogP contribution in [0.2, 0.25) is 0 Å². The highest BCUT2D eigenvalue weighted by atomic mass is 16.5. The van der Waals surface area contributed by atoms with Gasteiger partial charge in [0.25, 0.3) is 0 Å². The van der Waals surface area contributed by atoms with Crippen molar-refractivity contribution in [1.82, 2.24) is 0 Å². The highest BCUT2D eigenvalue weighted by Gasteiger charge is 2.28. The zero-order valence-electron chi connectivity index (χ0n) is 11.8. The van der Waals surface area contributed by atoms with Crippen molar-refractivity contribution in [2.75, 3.05) is 11.9 Å². The Bertz CT molecular complexity index is 431. The fourth-order valence-electron chi connectivity index (χ4n) is 2.75. The van der Waals surface area contributed by atoms with E-state index in [1.807, 2.05) is 19.1 Å². The van der Waals surface area contributed by atoms with E-state index in [2.05, 4.69) is 24.4 Å². The molecule has 0 aromatic heterocycles. The highest BCUT2D eigenvalue weighted by Crippen LogP contribution is 2.28. The van der Waals surface area contributed by atoms with E-state index in [-0.39, 0.29) is 11.9 Å². The average Bonchev–Trinajstić information content (AvgIpc) is 2.42. The van der Waals surface area contributed by atoms with Crippen LogP contribution < -0.4 is 5.32 Å². The molecular formula is C16H23NO2. The Hall–Kier alpha value is -1.51. The van der Waals surface area contributed by atoms with Crippen LogP contribution in [0.1, 0.15) is 38.2 Å². The predicted octanol–water partition coefficient (Wildman–Crippen LogP) is 3.53. The number of nitrogens with one attached hydrogen (secondary N) is 1. The van der Waals surface area contributed by atoms with Gasteiger partial charge in [-0.25, -0.2) is 0 Å². The lowest BCUT2D eigenvalue weighted by Gasteiger charge is -2.29. The van der Waals surface area contributed by atoms with Crippen LogP contribution in [0.15, 0.2) is 24.3 Å². The number of esters is 1. The van der Waals surface area contributed by atoms with Crippen molar-refractivity contribution in [3.8, 4) is 0 Å². The zero-order valence-corrected chi connectivity index (χ0v) is 11.8. The predicted molar refractivity (Wildman–Crippen MR) is 77.2 cm³/mol. The van der Waals surface area contributed by atoms with E-state index in [1.54, 1.807) is 0 Å². The molecule has 3 heteroatoms. The molecule has 1 saturated carbocycles. The second-order valence-electron chi connectivity index (χ2n) is 5.27. The maximum absolute atomic E-state index is 11.8. The number of anilines is 1. The van der Waals surface area contributed by atoms with E-state index in [0.717, 1.165) is 25.7 Å². The van der Waals surface area contributed by atoms with Gasteiger partial charge in [-0.3, -0.25) is 4.79 Å². The summed E-state index contributed by atoms with van der Waals surface area (Å²) in [7, 11) is 0. The van der Waals surface area contributed by atoms with Gasteiger partial charge in [-0.2, -0.15) is 0 Å². The van der Waals surface area contributed by atoms with E-state index >= 15 is 0 Å². The minimum atomic E-state index is -0.0289. The van der Waals surface area contributed by atoms with Crippen molar-refractivity contribution in [1.29, 1.82) is 0 Å². The van der Waals surface area contributed by atoms with Crippen molar-refractivity contribution >= 4 is 11.7 Å². The lowest BCUT2D eigenvalue weighted by atomic mass is 9.85. The highest BCUT2D eigenvalue weighted by molar-refractivity contribution is 5.72. The number of carbonyl (C=O) groups excluding carboxylic acids is 1. The number of hydrogen-bond acceptors (Lipinski definition) is 3. The molecule has 0 heterocycles. The van der Waals surface area contributed by atoms with Crippen LogP contribution in [0.25, 0.3) is 0 Å². The molecule has 2 unspecified atom stereocenters. The van der Waals surface area contributed by atoms with E-state index in [0.29, 0.717) is 12.6 Å². The summed E-state index contributed by atoms with van der Waals surface area (Å²) in [5, 5.41) is 3.57. The smallest absolute Gasteiger partial charge is 0.308 e. The molecule has 104 valence electrons. The van der Waals surface area contributed by atoms with Crippen LogP contribution >= 0.6 is 0 Å². The Morgan fingerprint density at radius 3 is 2.89 bits per heavy atom. The molecule has 1 aliphatic carbocycles. The molecule has 2 rings (SSSR count). The molecule has 1 aromatic rings. The number of rotatable bonds is 4. The van der Waals surface area contributed by atoms with Gasteiger partial charge in [-0.05, 0) is 44.7 Å². The third-order valence-corrected chi connectivity index (χ3v) is 3.80. The maximum atomic E-state index is 11.8. The Morgan fingerprint density at radius 2 is 2.16 bits per heavy atom. The van der Waals surface area contributed by atoms with Gasteiger partial charge in [-0.15, -0.1) is 0 Å². The maximum Gasteiger partial charge on any atom is 0.308 e. The van der Waals surface area contributed by atoms with Gasteiger partial charge in [-0.1, -0.05) is 24.6 Å². The van der Waals surface area contributed by atoms with E-state index in [9.17, 15) is 4.79 Å². The number of aryl methyl sites for hydroxylation is 1. The molecule has 0 aliphatic heterocycles. The molecule has 0 amide bonds. The zero-order chi connectivity index (χ0) is 13.7. The molecule has 2 atom stereocenters. The van der Waals surface area contributed by atoms with Crippen LogP contribution in [0.3, 0.4) is 0 Å². The molecule has 1 aromatic carbocycles. The standard InChI is InChI=1S/C16H23NO2/c1-3-19-16(18)13-8-6-9-14(11-13)17-15-10-5-4-7-12(15)2/h4-5,7,10,13-14,17H,3,6,8-9,11H2,1-2H3. The summed E-state index contributed by atoms with van der Waals surface area (Å²) in [6.07, 6.45) is 4.06. The number of para-hydroxylation sites is 1. The summed E-state index contributed by atoms with van der Waals surface area (Å²) >= 11 is 0. The second-order valence-corrected chi connectivity index (χ2v) is 5.27. The molecule has 0 spiro atoms. The first kappa shape index (κ1) is 13.9. The second kappa shape index (κ2) is 6.60. The molecule has 3 nitrogen and oxygen atoms in total. The van der Waals surface area contributed by atoms with Gasteiger partial charge < -0.3 is 10.1 Å². The first-order chi connectivity index (χ1) is 9.20. The van der Waals surface area contributed by atoms with Gasteiger partial charge in [0.2, 0.25) is 0 Å². The van der Waals surface area contributed by atoms with Crippen LogP contribution in [0.5, 0.6) is 0 Å². The molecular weight excluding hydrogens is 238 g/mol. The summed E-state index contributed by atoms with van der Waals surface area (Å²) in [4.78, 5) is 11.8. The first-order valence-electron chi connectivity index (χ1n) is 7.19. The minimum absolute atomic E-state index is 0.0289. The first-order valence-corrected chi connectivity index (χ1v) is 7.19. The third-order valence-electron chi connectivity index (χ3n) is 3.80. The normalized spacial score (nSPS) is 22.8. The summed E-state index contributed by atoms with van der Waals surface area (Å²) < 4.78 is 5.14. The summed E-state index contributed by atoms with van der Waals surface area (Å²) in [5.41, 5.74) is 2.43. The summed E-state index contributed by atoms with van der Waals surface area (Å²) in [5.74, 6) is 0.0361. The van der Waals surface area contributed by atoms with Gasteiger partial charge in [0, 0.05) is 11.7 Å². The van der Waals surface area contributed by atoms with Crippen molar-refractivity contribution in [3.63, 3.8) is 0 Å². The monoisotopic (exact) mass is 261 g/mol. The van der Waals surface area contributed by atoms with Crippen LogP contribution in [-0.4, -0.2) is 18.6 Å². The SMILES string of the molecule is CCOC(=O)C1CCCC(Nc2ccccc2C)C1. The topological polar surface area (TPSA) is 38.3 Å². The van der Waals surface area contributed by atoms with Crippen molar-refractivity contribution in [3.05, 3.63) is 29.8 Å². The van der Waals surface area contributed by atoms with Crippen LogP contribution in [-0.2, 0) is 9.53 Å². The molecule has 1 aliphatic rings. The lowest BCUT2D eigenvalue weighted by Crippen LogP contribution is -2.32. The Labute approximate surface area is 115 Å². The molecule has 19 heavy (non-hydrogen) atoms. The van der Waals surface area contributed by atoms with Gasteiger partial charge in [0.15, 0.2) is 0 Å². The van der Waals surface area contributed by atoms with Crippen LogP contribution in [0.4, 0.5) is 5.69 Å². The molecule has 0 saturated heterocycles. The van der Waals surface area contributed by atoms with Gasteiger partial charge in [0.05, 0.1) is 12.5 Å². The van der Waals surface area contributed by atoms with E-state index < -0.39 is 0 Å². The minimum Gasteiger partial charge on any atom is -0.466 e. The van der Waals surface area contributed by atoms with Gasteiger partial charge >= 0.3 is 5.97 Å². The number of hydrogen-bond donors (Lipinski definition) is 1. The van der Waals surface area contributed by atoms with Gasteiger partial charge in [0.1, 0.15) is 0 Å². The fraction of sp³-hybridized carbons (Fsp3) is 0.562. The Balaban J connectivity index is 1.94. The number of carbonyl (C=O) groups is 1. The largest absolute Gasteiger partial charge is 0.466 e. The molecule has 1 N–H and O–H groups in total. The van der Waals surface area contributed by atoms with Crippen molar-refractivity contribution in [2.45, 2.75) is 45.6 Å². The molecule has 1 fully saturated rings. The quantitative estimate of drug-likeness (QED) is 0.843. The lowest BCUT2D eigenvalue weighted by molar-refractivity contribution is -0.149. The number of ether oxygens (including phenoxy) is 1. The molecule has 0 radical (unpaired) electrons.